The molecule has 0 aliphatic carbocycles. The zero-order valence-electron chi connectivity index (χ0n) is 11.5. The zero-order chi connectivity index (χ0) is 14.4. The first-order chi connectivity index (χ1) is 9.01. The first-order valence-corrected chi connectivity index (χ1v) is 7.60. The Morgan fingerprint density at radius 3 is 2.84 bits per heavy atom. The van der Waals surface area contributed by atoms with E-state index in [0.29, 0.717) is 12.2 Å². The number of urea groups is 1. The second kappa shape index (κ2) is 7.43. The predicted molar refractivity (Wildman–Crippen MR) is 77.2 cm³/mol. The molecule has 1 heterocycles. The van der Waals surface area contributed by atoms with Crippen LogP contribution < -0.4 is 5.32 Å². The van der Waals surface area contributed by atoms with Crippen LogP contribution in [0.3, 0.4) is 0 Å². The standard InChI is InChI=1S/C13H22N2O3S/c1-4-6-9(3)14-13(18)15-10(12(16)17)8-19-11(15)7-5-2/h4,9-11H,1,5-8H2,2-3H3,(H,14,18)(H,16,17). The summed E-state index contributed by atoms with van der Waals surface area (Å²) in [5.41, 5.74) is 0. The Labute approximate surface area is 118 Å². The first-order valence-electron chi connectivity index (χ1n) is 6.55. The zero-order valence-corrected chi connectivity index (χ0v) is 12.3. The van der Waals surface area contributed by atoms with Gasteiger partial charge in [0.1, 0.15) is 6.04 Å². The van der Waals surface area contributed by atoms with Gasteiger partial charge in [-0.2, -0.15) is 0 Å². The number of rotatable bonds is 6. The van der Waals surface area contributed by atoms with Gasteiger partial charge in [0.25, 0.3) is 0 Å². The quantitative estimate of drug-likeness (QED) is 0.735. The highest BCUT2D eigenvalue weighted by Crippen LogP contribution is 2.32. The van der Waals surface area contributed by atoms with E-state index in [2.05, 4.69) is 11.9 Å². The second-order valence-corrected chi connectivity index (χ2v) is 5.92. The minimum Gasteiger partial charge on any atom is -0.480 e. The van der Waals surface area contributed by atoms with E-state index < -0.39 is 12.0 Å². The minimum absolute atomic E-state index is 0.0349. The number of amides is 2. The number of thioether (sulfide) groups is 1. The third kappa shape index (κ3) is 4.16. The molecule has 0 radical (unpaired) electrons. The number of carbonyl (C=O) groups excluding carboxylic acids is 1. The summed E-state index contributed by atoms with van der Waals surface area (Å²) in [6.07, 6.45) is 4.15. The van der Waals surface area contributed by atoms with Gasteiger partial charge in [0.05, 0.1) is 5.37 Å². The molecule has 0 aromatic heterocycles. The lowest BCUT2D eigenvalue weighted by molar-refractivity contribution is -0.141. The van der Waals surface area contributed by atoms with E-state index in [1.165, 1.54) is 4.90 Å². The molecule has 0 aromatic rings. The SMILES string of the molecule is C=CCC(C)NC(=O)N1C(CCC)SCC1C(=O)O. The van der Waals surface area contributed by atoms with Crippen LogP contribution in [0.4, 0.5) is 4.79 Å². The molecule has 108 valence electrons. The number of aliphatic carboxylic acids is 1. The Morgan fingerprint density at radius 2 is 2.32 bits per heavy atom. The lowest BCUT2D eigenvalue weighted by Gasteiger charge is -2.28. The Bertz CT molecular complexity index is 349. The smallest absolute Gasteiger partial charge is 0.327 e. The van der Waals surface area contributed by atoms with E-state index in [9.17, 15) is 14.7 Å². The molecule has 19 heavy (non-hydrogen) atoms. The highest BCUT2D eigenvalue weighted by Gasteiger charge is 2.41. The Kier molecular flexibility index (Phi) is 6.21. The molecule has 3 unspecified atom stereocenters. The van der Waals surface area contributed by atoms with E-state index in [1.807, 2.05) is 13.8 Å². The van der Waals surface area contributed by atoms with E-state index in [1.54, 1.807) is 17.8 Å². The predicted octanol–water partition coefficient (Wildman–Crippen LogP) is 2.29. The van der Waals surface area contributed by atoms with Crippen LogP contribution in [0.1, 0.15) is 33.1 Å². The van der Waals surface area contributed by atoms with E-state index in [-0.39, 0.29) is 17.4 Å². The third-order valence-electron chi connectivity index (χ3n) is 3.04. The lowest BCUT2D eigenvalue weighted by Crippen LogP contribution is -2.51. The molecular weight excluding hydrogens is 264 g/mol. The fourth-order valence-electron chi connectivity index (χ4n) is 2.09. The van der Waals surface area contributed by atoms with Crippen molar-refractivity contribution < 1.29 is 14.7 Å². The van der Waals surface area contributed by atoms with Crippen LogP contribution in [-0.2, 0) is 4.79 Å². The molecule has 1 saturated heterocycles. The van der Waals surface area contributed by atoms with Crippen molar-refractivity contribution in [3.05, 3.63) is 12.7 Å². The summed E-state index contributed by atoms with van der Waals surface area (Å²) in [5, 5.41) is 12.0. The van der Waals surface area contributed by atoms with Gasteiger partial charge < -0.3 is 10.4 Å². The Morgan fingerprint density at radius 1 is 1.63 bits per heavy atom. The van der Waals surface area contributed by atoms with Crippen molar-refractivity contribution in [2.45, 2.75) is 50.6 Å². The molecule has 3 atom stereocenters. The topological polar surface area (TPSA) is 69.6 Å². The molecule has 1 aliphatic heterocycles. The maximum Gasteiger partial charge on any atom is 0.327 e. The first kappa shape index (κ1) is 15.9. The van der Waals surface area contributed by atoms with Gasteiger partial charge in [0, 0.05) is 11.8 Å². The normalized spacial score (nSPS) is 24.0. The molecular formula is C13H22N2O3S. The maximum absolute atomic E-state index is 12.2. The number of nitrogens with one attached hydrogen (secondary N) is 1. The molecule has 1 aliphatic rings. The fraction of sp³-hybridized carbons (Fsp3) is 0.692. The minimum atomic E-state index is -0.933. The van der Waals surface area contributed by atoms with Crippen LogP contribution in [0.2, 0.25) is 0 Å². The van der Waals surface area contributed by atoms with Crippen molar-refractivity contribution in [3.8, 4) is 0 Å². The van der Waals surface area contributed by atoms with Gasteiger partial charge in [-0.15, -0.1) is 18.3 Å². The molecule has 0 aromatic carbocycles. The summed E-state index contributed by atoms with van der Waals surface area (Å²) in [6.45, 7) is 7.55. The molecule has 0 saturated carbocycles. The van der Waals surface area contributed by atoms with Gasteiger partial charge in [0.2, 0.25) is 0 Å². The Balaban J connectivity index is 2.74. The number of carbonyl (C=O) groups is 2. The number of carboxylic acid groups (broad SMARTS) is 1. The van der Waals surface area contributed by atoms with E-state index in [0.717, 1.165) is 12.8 Å². The second-order valence-electron chi connectivity index (χ2n) is 4.71. The largest absolute Gasteiger partial charge is 0.480 e. The van der Waals surface area contributed by atoms with Crippen LogP contribution in [-0.4, -0.2) is 45.2 Å². The number of carboxylic acids is 1. The van der Waals surface area contributed by atoms with E-state index >= 15 is 0 Å². The van der Waals surface area contributed by atoms with Gasteiger partial charge >= 0.3 is 12.0 Å². The van der Waals surface area contributed by atoms with Crippen molar-refractivity contribution in [1.82, 2.24) is 10.2 Å². The summed E-state index contributed by atoms with van der Waals surface area (Å²) in [6, 6.07) is -1.05. The molecule has 2 amide bonds. The fourth-order valence-corrected chi connectivity index (χ4v) is 3.60. The monoisotopic (exact) mass is 286 g/mol. The van der Waals surface area contributed by atoms with Crippen molar-refractivity contribution in [1.29, 1.82) is 0 Å². The van der Waals surface area contributed by atoms with Crippen LogP contribution in [0.15, 0.2) is 12.7 Å². The number of nitrogens with zero attached hydrogens (tertiary/aromatic N) is 1. The summed E-state index contributed by atoms with van der Waals surface area (Å²) in [4.78, 5) is 24.9. The third-order valence-corrected chi connectivity index (χ3v) is 4.39. The van der Waals surface area contributed by atoms with Gasteiger partial charge in [-0.25, -0.2) is 9.59 Å². The van der Waals surface area contributed by atoms with Gasteiger partial charge in [0.15, 0.2) is 0 Å². The molecule has 5 nitrogen and oxygen atoms in total. The number of hydrogen-bond donors (Lipinski definition) is 2. The van der Waals surface area contributed by atoms with Crippen molar-refractivity contribution in [3.63, 3.8) is 0 Å². The van der Waals surface area contributed by atoms with Crippen LogP contribution in [0.5, 0.6) is 0 Å². The van der Waals surface area contributed by atoms with Gasteiger partial charge in [-0.3, -0.25) is 4.90 Å². The average molecular weight is 286 g/mol. The van der Waals surface area contributed by atoms with Crippen LogP contribution >= 0.6 is 11.8 Å². The van der Waals surface area contributed by atoms with E-state index in [4.69, 9.17) is 0 Å². The molecule has 0 spiro atoms. The molecule has 1 rings (SSSR count). The van der Waals surface area contributed by atoms with Crippen molar-refractivity contribution >= 4 is 23.8 Å². The van der Waals surface area contributed by atoms with Gasteiger partial charge in [-0.1, -0.05) is 19.4 Å². The Hall–Kier alpha value is -1.17. The van der Waals surface area contributed by atoms with Crippen LogP contribution in [0.25, 0.3) is 0 Å². The summed E-state index contributed by atoms with van der Waals surface area (Å²) in [7, 11) is 0. The van der Waals surface area contributed by atoms with Crippen molar-refractivity contribution in [2.75, 3.05) is 5.75 Å². The highest BCUT2D eigenvalue weighted by molar-refractivity contribution is 8.00. The molecule has 1 fully saturated rings. The van der Waals surface area contributed by atoms with Crippen LogP contribution in [0, 0.1) is 0 Å². The van der Waals surface area contributed by atoms with Crippen molar-refractivity contribution in [2.24, 2.45) is 0 Å². The highest BCUT2D eigenvalue weighted by atomic mass is 32.2. The lowest BCUT2D eigenvalue weighted by atomic mass is 10.2. The molecule has 0 bridgehead atoms. The molecule has 6 heteroatoms. The summed E-state index contributed by atoms with van der Waals surface area (Å²) >= 11 is 1.54. The summed E-state index contributed by atoms with van der Waals surface area (Å²) in [5.74, 6) is -0.471. The summed E-state index contributed by atoms with van der Waals surface area (Å²) < 4.78 is 0. The number of hydrogen-bond acceptors (Lipinski definition) is 3. The average Bonchev–Trinajstić information content (AvgIpc) is 2.73. The van der Waals surface area contributed by atoms with Gasteiger partial charge in [-0.05, 0) is 19.8 Å². The molecule has 2 N–H and O–H groups in total. The maximum atomic E-state index is 12.2.